The summed E-state index contributed by atoms with van der Waals surface area (Å²) in [5, 5.41) is 5.00. The Balaban J connectivity index is 0.938. The van der Waals surface area contributed by atoms with E-state index in [1.807, 2.05) is 0 Å². The van der Waals surface area contributed by atoms with Crippen LogP contribution in [0.5, 0.6) is 0 Å². The molecule has 2 aliphatic rings. The minimum atomic E-state index is -0.449. The minimum Gasteiger partial charge on any atom is -0.309 e. The van der Waals surface area contributed by atoms with Crippen LogP contribution in [-0.2, 0) is 5.41 Å². The van der Waals surface area contributed by atoms with Crippen LogP contribution in [0.2, 0.25) is 0 Å². The van der Waals surface area contributed by atoms with Gasteiger partial charge in [0, 0.05) is 33.2 Å². The van der Waals surface area contributed by atoms with Crippen molar-refractivity contribution in [1.29, 1.82) is 0 Å². The lowest BCUT2D eigenvalue weighted by molar-refractivity contribution is 0.801. The zero-order valence-corrected chi connectivity index (χ0v) is 35.9. The SMILES string of the molecule is c1ccc(-c2cc(-c3cccc(-n4c5ccccc5c5ccccc54)c3)nc(-c3ccc(-c4cc5ccccc5c5c4-c4ccccc4C54c5ccccc5-c5ccccc54)cc3)n2)cc1. The summed E-state index contributed by atoms with van der Waals surface area (Å²) in [6, 6.07) is 86.1. The van der Waals surface area contributed by atoms with Gasteiger partial charge in [0.15, 0.2) is 5.82 Å². The average Bonchev–Trinajstić information content (AvgIpc) is 4.01. The third-order valence-corrected chi connectivity index (χ3v) is 14.2. The van der Waals surface area contributed by atoms with Gasteiger partial charge in [0.05, 0.1) is 27.8 Å². The van der Waals surface area contributed by atoms with Crippen molar-refractivity contribution in [3.63, 3.8) is 0 Å². The molecule has 66 heavy (non-hydrogen) atoms. The topological polar surface area (TPSA) is 30.7 Å². The van der Waals surface area contributed by atoms with E-state index in [9.17, 15) is 0 Å². The van der Waals surface area contributed by atoms with Crippen molar-refractivity contribution in [1.82, 2.24) is 14.5 Å². The molecule has 0 fully saturated rings. The predicted molar refractivity (Wildman–Crippen MR) is 272 cm³/mol. The monoisotopic (exact) mass is 837 g/mol. The van der Waals surface area contributed by atoms with E-state index in [1.165, 1.54) is 82.6 Å². The third-order valence-electron chi connectivity index (χ3n) is 14.2. The van der Waals surface area contributed by atoms with Gasteiger partial charge in [-0.3, -0.25) is 0 Å². The van der Waals surface area contributed by atoms with Crippen molar-refractivity contribution >= 4 is 32.6 Å². The fourth-order valence-electron chi connectivity index (χ4n) is 11.5. The molecule has 0 radical (unpaired) electrons. The van der Waals surface area contributed by atoms with Crippen molar-refractivity contribution < 1.29 is 0 Å². The normalized spacial score (nSPS) is 13.0. The van der Waals surface area contributed by atoms with E-state index in [4.69, 9.17) is 9.97 Å². The van der Waals surface area contributed by atoms with Crippen LogP contribution in [0.3, 0.4) is 0 Å². The fraction of sp³-hybridized carbons (Fsp3) is 0.0159. The van der Waals surface area contributed by atoms with Gasteiger partial charge in [0.2, 0.25) is 0 Å². The molecule has 3 nitrogen and oxygen atoms in total. The molecule has 0 saturated heterocycles. The number of rotatable bonds is 5. The van der Waals surface area contributed by atoms with E-state index in [0.717, 1.165) is 39.3 Å². The van der Waals surface area contributed by atoms with E-state index >= 15 is 0 Å². The number of aromatic nitrogens is 3. The summed E-state index contributed by atoms with van der Waals surface area (Å²) in [6.45, 7) is 0. The standard InChI is InChI=1S/C63H39N3/c1-2-17-41(18-3-1)56-39-57(44-20-16-21-45(37-44)66-58-31-14-9-25-49(58)50-26-10-15-32-59(50)66)65-62(64-56)42-35-33-40(34-36-42)52-38-43-19-4-5-22-46(43)61-60(52)51-27-8-13-30-55(51)63(61)53-28-11-6-23-47(53)48-24-7-12-29-54(48)63/h1-39H. The van der Waals surface area contributed by atoms with E-state index in [2.05, 4.69) is 241 Å². The molecule has 2 aliphatic carbocycles. The van der Waals surface area contributed by atoms with Crippen LogP contribution in [0.4, 0.5) is 0 Å². The van der Waals surface area contributed by atoms with Crippen LogP contribution in [0, 0.1) is 0 Å². The predicted octanol–water partition coefficient (Wildman–Crippen LogP) is 15.7. The molecule has 306 valence electrons. The highest BCUT2D eigenvalue weighted by Gasteiger charge is 2.53. The van der Waals surface area contributed by atoms with E-state index in [1.54, 1.807) is 0 Å². The first-order valence-corrected chi connectivity index (χ1v) is 22.7. The van der Waals surface area contributed by atoms with Gasteiger partial charge in [-0.05, 0) is 103 Å². The first kappa shape index (κ1) is 36.8. The quantitative estimate of drug-likeness (QED) is 0.173. The number of fused-ring (bicyclic) bond motifs is 15. The van der Waals surface area contributed by atoms with Gasteiger partial charge in [-0.25, -0.2) is 9.97 Å². The summed E-state index contributed by atoms with van der Waals surface area (Å²) < 4.78 is 2.36. The molecule has 1 spiro atoms. The number of nitrogens with zero attached hydrogens (tertiary/aromatic N) is 3. The first-order chi connectivity index (χ1) is 32.7. The lowest BCUT2D eigenvalue weighted by atomic mass is 9.69. The summed E-state index contributed by atoms with van der Waals surface area (Å²) in [7, 11) is 0. The second kappa shape index (κ2) is 14.2. The Morgan fingerprint density at radius 3 is 1.53 bits per heavy atom. The minimum absolute atomic E-state index is 0.449. The third kappa shape index (κ3) is 5.20. The molecular weight excluding hydrogens is 799 g/mol. The van der Waals surface area contributed by atoms with Crippen LogP contribution < -0.4 is 0 Å². The van der Waals surface area contributed by atoms with E-state index in [0.29, 0.717) is 5.82 Å². The lowest BCUT2D eigenvalue weighted by Crippen LogP contribution is -2.26. The molecule has 0 saturated carbocycles. The summed E-state index contributed by atoms with van der Waals surface area (Å²) >= 11 is 0. The zero-order valence-electron chi connectivity index (χ0n) is 35.9. The Bertz CT molecular complexity index is 3840. The molecular formula is C63H39N3. The van der Waals surface area contributed by atoms with Crippen LogP contribution in [-0.4, -0.2) is 14.5 Å². The number of para-hydroxylation sites is 2. The second-order valence-corrected chi connectivity index (χ2v) is 17.6. The van der Waals surface area contributed by atoms with Gasteiger partial charge in [-0.1, -0.05) is 200 Å². The summed E-state index contributed by atoms with van der Waals surface area (Å²) in [5.74, 6) is 0.687. The zero-order chi connectivity index (χ0) is 43.3. The van der Waals surface area contributed by atoms with Crippen molar-refractivity contribution in [2.24, 2.45) is 0 Å². The Kier molecular flexibility index (Phi) is 7.90. The Hall–Kier alpha value is -8.66. The molecule has 14 rings (SSSR count). The highest BCUT2D eigenvalue weighted by molar-refractivity contribution is 6.10. The largest absolute Gasteiger partial charge is 0.309 e. The number of hydrogen-bond donors (Lipinski definition) is 0. The highest BCUT2D eigenvalue weighted by Crippen LogP contribution is 2.65. The van der Waals surface area contributed by atoms with Gasteiger partial charge in [-0.15, -0.1) is 0 Å². The molecule has 0 unspecified atom stereocenters. The van der Waals surface area contributed by atoms with Gasteiger partial charge < -0.3 is 4.57 Å². The molecule has 0 amide bonds. The maximum Gasteiger partial charge on any atom is 0.160 e. The Morgan fingerprint density at radius 1 is 0.333 bits per heavy atom. The molecule has 0 atom stereocenters. The molecule has 0 bridgehead atoms. The molecule has 10 aromatic carbocycles. The Labute approximate surface area is 382 Å². The molecule has 0 aliphatic heterocycles. The van der Waals surface area contributed by atoms with Gasteiger partial charge in [-0.2, -0.15) is 0 Å². The number of benzene rings is 10. The van der Waals surface area contributed by atoms with Crippen molar-refractivity contribution in [3.8, 4) is 73.0 Å². The molecule has 2 heterocycles. The fourth-order valence-corrected chi connectivity index (χ4v) is 11.5. The summed E-state index contributed by atoms with van der Waals surface area (Å²) in [6.07, 6.45) is 0. The smallest absolute Gasteiger partial charge is 0.160 e. The molecule has 0 N–H and O–H groups in total. The van der Waals surface area contributed by atoms with E-state index in [-0.39, 0.29) is 0 Å². The van der Waals surface area contributed by atoms with Crippen LogP contribution in [0.1, 0.15) is 22.3 Å². The summed E-state index contributed by atoms with van der Waals surface area (Å²) in [5.41, 5.74) is 20.8. The molecule has 12 aromatic rings. The van der Waals surface area contributed by atoms with Gasteiger partial charge >= 0.3 is 0 Å². The van der Waals surface area contributed by atoms with Crippen molar-refractivity contribution in [3.05, 3.63) is 259 Å². The highest BCUT2D eigenvalue weighted by atomic mass is 15.0. The van der Waals surface area contributed by atoms with Crippen molar-refractivity contribution in [2.75, 3.05) is 0 Å². The van der Waals surface area contributed by atoms with Crippen LogP contribution in [0.15, 0.2) is 237 Å². The maximum atomic E-state index is 5.35. The van der Waals surface area contributed by atoms with Crippen molar-refractivity contribution in [2.45, 2.75) is 5.41 Å². The first-order valence-electron chi connectivity index (χ1n) is 22.7. The van der Waals surface area contributed by atoms with Gasteiger partial charge in [0.1, 0.15) is 0 Å². The van der Waals surface area contributed by atoms with E-state index < -0.39 is 5.41 Å². The van der Waals surface area contributed by atoms with Crippen LogP contribution >= 0.6 is 0 Å². The summed E-state index contributed by atoms with van der Waals surface area (Å²) in [4.78, 5) is 10.6. The molecule has 3 heteroatoms. The van der Waals surface area contributed by atoms with Gasteiger partial charge in [0.25, 0.3) is 0 Å². The van der Waals surface area contributed by atoms with Crippen LogP contribution in [0.25, 0.3) is 106 Å². The maximum absolute atomic E-state index is 5.35. The number of hydrogen-bond acceptors (Lipinski definition) is 2. The second-order valence-electron chi connectivity index (χ2n) is 17.6. The molecule has 2 aromatic heterocycles. The Morgan fingerprint density at radius 2 is 0.848 bits per heavy atom. The lowest BCUT2D eigenvalue weighted by Gasteiger charge is -2.31. The average molecular weight is 838 g/mol.